The van der Waals surface area contributed by atoms with Crippen molar-refractivity contribution in [3.63, 3.8) is 0 Å². The molecule has 1 unspecified atom stereocenters. The lowest BCUT2D eigenvalue weighted by atomic mass is 10.1. The molecule has 1 aliphatic rings. The first-order valence-electron chi connectivity index (χ1n) is 3.61. The molecule has 0 aromatic carbocycles. The van der Waals surface area contributed by atoms with Crippen LogP contribution in [0.15, 0.2) is 6.33 Å². The third-order valence-electron chi connectivity index (χ3n) is 2.01. The summed E-state index contributed by atoms with van der Waals surface area (Å²) < 4.78 is 0. The van der Waals surface area contributed by atoms with Gasteiger partial charge in [-0.05, 0) is 6.92 Å². The smallest absolute Gasteiger partial charge is 0.131 e. The van der Waals surface area contributed by atoms with E-state index in [4.69, 9.17) is 5.73 Å². The van der Waals surface area contributed by atoms with Crippen molar-refractivity contribution in [3.05, 3.63) is 17.6 Å². The fourth-order valence-electron chi connectivity index (χ4n) is 1.41. The van der Waals surface area contributed by atoms with Gasteiger partial charge in [0.15, 0.2) is 0 Å². The van der Waals surface area contributed by atoms with Gasteiger partial charge >= 0.3 is 0 Å². The molecule has 0 bridgehead atoms. The van der Waals surface area contributed by atoms with Crippen molar-refractivity contribution in [2.75, 3.05) is 5.73 Å². The Hall–Kier alpha value is -1.16. The number of nitrogen functional groups attached to an aromatic ring is 1. The number of hydrogen-bond donors (Lipinski definition) is 2. The zero-order valence-corrected chi connectivity index (χ0v) is 6.33. The summed E-state index contributed by atoms with van der Waals surface area (Å²) in [5.74, 6) is 0.604. The Morgan fingerprint density at radius 1 is 1.64 bits per heavy atom. The number of aromatic nitrogens is 2. The Balaban J connectivity index is 2.58. The monoisotopic (exact) mass is 150 g/mol. The third kappa shape index (κ3) is 0.867. The van der Waals surface area contributed by atoms with E-state index in [1.54, 1.807) is 0 Å². The molecular formula is C7H10N4. The van der Waals surface area contributed by atoms with E-state index in [1.807, 2.05) is 0 Å². The number of nitrogens with zero attached hydrogens (tertiary/aromatic N) is 2. The van der Waals surface area contributed by atoms with Crippen LogP contribution >= 0.6 is 0 Å². The van der Waals surface area contributed by atoms with Gasteiger partial charge in [0, 0.05) is 18.2 Å². The van der Waals surface area contributed by atoms with Gasteiger partial charge in [0.25, 0.3) is 0 Å². The van der Waals surface area contributed by atoms with Gasteiger partial charge in [-0.3, -0.25) is 0 Å². The summed E-state index contributed by atoms with van der Waals surface area (Å²) in [6.07, 6.45) is 1.51. The molecule has 1 atom stereocenters. The zero-order chi connectivity index (χ0) is 7.84. The minimum atomic E-state index is 0.297. The van der Waals surface area contributed by atoms with Gasteiger partial charge in [-0.2, -0.15) is 0 Å². The van der Waals surface area contributed by atoms with E-state index in [9.17, 15) is 0 Å². The Morgan fingerprint density at radius 2 is 2.45 bits per heavy atom. The van der Waals surface area contributed by atoms with Crippen LogP contribution in [-0.2, 0) is 6.54 Å². The third-order valence-corrected chi connectivity index (χ3v) is 2.01. The maximum absolute atomic E-state index is 5.67. The molecule has 0 aliphatic carbocycles. The molecule has 4 nitrogen and oxygen atoms in total. The molecule has 11 heavy (non-hydrogen) atoms. The van der Waals surface area contributed by atoms with Gasteiger partial charge < -0.3 is 11.1 Å². The molecule has 3 N–H and O–H groups in total. The first kappa shape index (κ1) is 6.54. The number of rotatable bonds is 0. The van der Waals surface area contributed by atoms with Crippen LogP contribution in [0.25, 0.3) is 0 Å². The second kappa shape index (κ2) is 2.17. The van der Waals surface area contributed by atoms with Crippen LogP contribution in [-0.4, -0.2) is 9.97 Å². The SMILES string of the molecule is CC1NCc2ncnc(N)c21. The molecule has 4 heteroatoms. The number of nitrogens with two attached hydrogens (primary N) is 1. The van der Waals surface area contributed by atoms with E-state index < -0.39 is 0 Å². The maximum Gasteiger partial charge on any atom is 0.131 e. The van der Waals surface area contributed by atoms with E-state index in [1.165, 1.54) is 6.33 Å². The molecule has 2 rings (SSSR count). The van der Waals surface area contributed by atoms with Gasteiger partial charge in [0.05, 0.1) is 5.69 Å². The molecule has 0 fully saturated rings. The van der Waals surface area contributed by atoms with Crippen molar-refractivity contribution in [3.8, 4) is 0 Å². The number of fused-ring (bicyclic) bond motifs is 1. The summed E-state index contributed by atoms with van der Waals surface area (Å²) in [7, 11) is 0. The summed E-state index contributed by atoms with van der Waals surface area (Å²) >= 11 is 0. The lowest BCUT2D eigenvalue weighted by molar-refractivity contribution is 0.632. The van der Waals surface area contributed by atoms with Gasteiger partial charge in [-0.1, -0.05) is 0 Å². The average Bonchev–Trinajstić information content (AvgIpc) is 2.34. The van der Waals surface area contributed by atoms with Crippen molar-refractivity contribution in [1.82, 2.24) is 15.3 Å². The first-order valence-corrected chi connectivity index (χ1v) is 3.61. The Bertz CT molecular complexity index is 284. The van der Waals surface area contributed by atoms with E-state index >= 15 is 0 Å². The second-order valence-corrected chi connectivity index (χ2v) is 2.72. The second-order valence-electron chi connectivity index (χ2n) is 2.72. The van der Waals surface area contributed by atoms with Crippen molar-refractivity contribution >= 4 is 5.82 Å². The van der Waals surface area contributed by atoms with E-state index in [-0.39, 0.29) is 0 Å². The van der Waals surface area contributed by atoms with E-state index in [0.717, 1.165) is 17.8 Å². The van der Waals surface area contributed by atoms with Crippen molar-refractivity contribution in [2.24, 2.45) is 0 Å². The molecule has 0 amide bonds. The number of nitrogens with one attached hydrogen (secondary N) is 1. The summed E-state index contributed by atoms with van der Waals surface area (Å²) in [5, 5.41) is 3.24. The maximum atomic E-state index is 5.67. The molecule has 0 saturated carbocycles. The molecule has 1 aromatic heterocycles. The fraction of sp³-hybridized carbons (Fsp3) is 0.429. The largest absolute Gasteiger partial charge is 0.383 e. The van der Waals surface area contributed by atoms with Crippen LogP contribution in [0.2, 0.25) is 0 Å². The van der Waals surface area contributed by atoms with Crippen LogP contribution in [0, 0.1) is 0 Å². The molecule has 2 heterocycles. The Kier molecular flexibility index (Phi) is 1.29. The molecular weight excluding hydrogens is 140 g/mol. The molecule has 58 valence electrons. The highest BCUT2D eigenvalue weighted by Gasteiger charge is 2.21. The summed E-state index contributed by atoms with van der Waals surface area (Å²) in [6.45, 7) is 2.87. The molecule has 1 aliphatic heterocycles. The van der Waals surface area contributed by atoms with Crippen molar-refractivity contribution in [2.45, 2.75) is 19.5 Å². The quantitative estimate of drug-likeness (QED) is 0.555. The van der Waals surface area contributed by atoms with Crippen LogP contribution < -0.4 is 11.1 Å². The van der Waals surface area contributed by atoms with Gasteiger partial charge in [0.2, 0.25) is 0 Å². The van der Waals surface area contributed by atoms with Crippen LogP contribution in [0.1, 0.15) is 24.2 Å². The summed E-state index contributed by atoms with van der Waals surface area (Å²) in [6, 6.07) is 0.297. The lowest BCUT2D eigenvalue weighted by Gasteiger charge is -2.04. The highest BCUT2D eigenvalue weighted by atomic mass is 15.0. The normalized spacial score (nSPS) is 21.7. The predicted octanol–water partition coefficient (Wildman–Crippen LogP) is 0.223. The zero-order valence-electron chi connectivity index (χ0n) is 6.33. The Labute approximate surface area is 64.8 Å². The van der Waals surface area contributed by atoms with E-state index in [2.05, 4.69) is 22.2 Å². The molecule has 0 saturated heterocycles. The highest BCUT2D eigenvalue weighted by molar-refractivity contribution is 5.45. The van der Waals surface area contributed by atoms with Crippen LogP contribution in [0.4, 0.5) is 5.82 Å². The van der Waals surface area contributed by atoms with Crippen LogP contribution in [0.3, 0.4) is 0 Å². The van der Waals surface area contributed by atoms with Crippen LogP contribution in [0.5, 0.6) is 0 Å². The fourth-order valence-corrected chi connectivity index (χ4v) is 1.41. The van der Waals surface area contributed by atoms with Crippen molar-refractivity contribution < 1.29 is 0 Å². The van der Waals surface area contributed by atoms with Gasteiger partial charge in [-0.15, -0.1) is 0 Å². The van der Waals surface area contributed by atoms with Gasteiger partial charge in [0.1, 0.15) is 12.1 Å². The molecule has 1 aromatic rings. The topological polar surface area (TPSA) is 63.8 Å². The van der Waals surface area contributed by atoms with Gasteiger partial charge in [-0.25, -0.2) is 9.97 Å². The highest BCUT2D eigenvalue weighted by Crippen LogP contribution is 2.26. The minimum absolute atomic E-state index is 0.297. The molecule has 0 spiro atoms. The number of anilines is 1. The number of hydrogen-bond acceptors (Lipinski definition) is 4. The van der Waals surface area contributed by atoms with E-state index in [0.29, 0.717) is 11.9 Å². The minimum Gasteiger partial charge on any atom is -0.383 e. The molecule has 0 radical (unpaired) electrons. The standard InChI is InChI=1S/C7H10N4/c1-4-6-5(2-9-4)10-3-11-7(6)8/h3-4,9H,2H2,1H3,(H2,8,10,11). The Morgan fingerprint density at radius 3 is 3.18 bits per heavy atom. The predicted molar refractivity (Wildman–Crippen MR) is 41.7 cm³/mol. The average molecular weight is 150 g/mol. The summed E-state index contributed by atoms with van der Waals surface area (Å²) in [5.41, 5.74) is 7.77. The summed E-state index contributed by atoms with van der Waals surface area (Å²) in [4.78, 5) is 8.04. The first-order chi connectivity index (χ1) is 5.29. The lowest BCUT2D eigenvalue weighted by Crippen LogP contribution is -2.08. The van der Waals surface area contributed by atoms with Crippen molar-refractivity contribution in [1.29, 1.82) is 0 Å².